The van der Waals surface area contributed by atoms with Crippen LogP contribution in [-0.4, -0.2) is 30.2 Å². The molecule has 0 radical (unpaired) electrons. The molecule has 7 heteroatoms. The van der Waals surface area contributed by atoms with Crippen molar-refractivity contribution in [3.63, 3.8) is 0 Å². The van der Waals surface area contributed by atoms with E-state index in [1.807, 2.05) is 18.2 Å². The predicted octanol–water partition coefficient (Wildman–Crippen LogP) is 2.61. The first-order valence-corrected chi connectivity index (χ1v) is 8.30. The van der Waals surface area contributed by atoms with Crippen molar-refractivity contribution in [2.45, 2.75) is 19.3 Å². The van der Waals surface area contributed by atoms with Crippen LogP contribution in [0.25, 0.3) is 22.4 Å². The maximum Gasteiger partial charge on any atom is 0.314 e. The number of benzene rings is 2. The summed E-state index contributed by atoms with van der Waals surface area (Å²) in [6.45, 7) is 1.79. The highest BCUT2D eigenvalue weighted by Crippen LogP contribution is 2.23. The Balaban J connectivity index is 2.20. The number of carbonyl (C=O) groups is 1. The van der Waals surface area contributed by atoms with Crippen LogP contribution in [0.5, 0.6) is 0 Å². The SMILES string of the molecule is CCC(C(=O)O)c1nnc2n(-c3ccccc3)c(=O)c3ccccc3n12. The van der Waals surface area contributed by atoms with E-state index in [1.54, 1.807) is 47.7 Å². The van der Waals surface area contributed by atoms with Gasteiger partial charge >= 0.3 is 5.97 Å². The van der Waals surface area contributed by atoms with Gasteiger partial charge in [0.15, 0.2) is 5.82 Å². The second-order valence-corrected chi connectivity index (χ2v) is 5.99. The predicted molar refractivity (Wildman–Crippen MR) is 96.8 cm³/mol. The molecule has 0 aliphatic carbocycles. The zero-order valence-electron chi connectivity index (χ0n) is 14.0. The molecule has 4 rings (SSSR count). The molecule has 7 nitrogen and oxygen atoms in total. The molecule has 0 amide bonds. The first-order valence-electron chi connectivity index (χ1n) is 8.30. The molecule has 1 atom stereocenters. The number of para-hydroxylation sites is 2. The fourth-order valence-electron chi connectivity index (χ4n) is 3.23. The van der Waals surface area contributed by atoms with Gasteiger partial charge in [-0.25, -0.2) is 4.57 Å². The standard InChI is InChI=1S/C19H16N4O3/c1-2-13(18(25)26)16-20-21-19-22(12-8-4-3-5-9-12)17(24)14-10-6-7-11-15(14)23(16)19/h3-11,13H,2H2,1H3,(H,25,26). The quantitative estimate of drug-likeness (QED) is 0.612. The third kappa shape index (κ3) is 2.28. The lowest BCUT2D eigenvalue weighted by atomic mass is 10.1. The summed E-state index contributed by atoms with van der Waals surface area (Å²) in [5, 5.41) is 18.4. The zero-order chi connectivity index (χ0) is 18.3. The van der Waals surface area contributed by atoms with E-state index in [0.29, 0.717) is 34.6 Å². The summed E-state index contributed by atoms with van der Waals surface area (Å²) in [5.41, 5.74) is 1.02. The normalized spacial score (nSPS) is 12.5. The number of aliphatic carboxylic acids is 1. The topological polar surface area (TPSA) is 89.5 Å². The summed E-state index contributed by atoms with van der Waals surface area (Å²) >= 11 is 0. The smallest absolute Gasteiger partial charge is 0.314 e. The van der Waals surface area contributed by atoms with Crippen LogP contribution in [0.4, 0.5) is 0 Å². The summed E-state index contributed by atoms with van der Waals surface area (Å²) in [6.07, 6.45) is 0.370. The molecule has 26 heavy (non-hydrogen) atoms. The van der Waals surface area contributed by atoms with E-state index in [0.717, 1.165) is 0 Å². The third-order valence-electron chi connectivity index (χ3n) is 4.48. The minimum atomic E-state index is -0.969. The lowest BCUT2D eigenvalue weighted by Gasteiger charge is -2.13. The van der Waals surface area contributed by atoms with Crippen molar-refractivity contribution in [2.24, 2.45) is 0 Å². The monoisotopic (exact) mass is 348 g/mol. The largest absolute Gasteiger partial charge is 0.481 e. The van der Waals surface area contributed by atoms with Gasteiger partial charge in [0.05, 0.1) is 16.6 Å². The Morgan fingerprint density at radius 1 is 1.08 bits per heavy atom. The van der Waals surface area contributed by atoms with Crippen LogP contribution in [0.3, 0.4) is 0 Å². The molecule has 0 saturated heterocycles. The highest BCUT2D eigenvalue weighted by Gasteiger charge is 2.26. The van der Waals surface area contributed by atoms with E-state index in [4.69, 9.17) is 0 Å². The van der Waals surface area contributed by atoms with E-state index in [1.165, 1.54) is 4.57 Å². The number of fused-ring (bicyclic) bond motifs is 3. The van der Waals surface area contributed by atoms with Crippen LogP contribution < -0.4 is 5.56 Å². The van der Waals surface area contributed by atoms with Gasteiger partial charge in [-0.05, 0) is 30.7 Å². The molecule has 2 aromatic carbocycles. The molecule has 0 saturated carbocycles. The van der Waals surface area contributed by atoms with Crippen molar-refractivity contribution in [3.05, 3.63) is 70.8 Å². The van der Waals surface area contributed by atoms with Gasteiger partial charge in [-0.3, -0.25) is 14.0 Å². The van der Waals surface area contributed by atoms with Crippen molar-refractivity contribution in [1.82, 2.24) is 19.2 Å². The highest BCUT2D eigenvalue weighted by molar-refractivity contribution is 5.82. The highest BCUT2D eigenvalue weighted by atomic mass is 16.4. The first-order chi connectivity index (χ1) is 12.6. The molecule has 2 heterocycles. The lowest BCUT2D eigenvalue weighted by Crippen LogP contribution is -2.23. The molecule has 0 spiro atoms. The van der Waals surface area contributed by atoms with Crippen molar-refractivity contribution < 1.29 is 9.90 Å². The second kappa shape index (κ2) is 6.11. The Hall–Kier alpha value is -3.48. The lowest BCUT2D eigenvalue weighted by molar-refractivity contribution is -0.139. The summed E-state index contributed by atoms with van der Waals surface area (Å²) in [7, 11) is 0. The molecular weight excluding hydrogens is 332 g/mol. The van der Waals surface area contributed by atoms with Gasteiger partial charge in [-0.2, -0.15) is 0 Å². The number of aromatic nitrogens is 4. The van der Waals surface area contributed by atoms with Gasteiger partial charge in [0.2, 0.25) is 5.78 Å². The van der Waals surface area contributed by atoms with Gasteiger partial charge in [0, 0.05) is 0 Å². The molecule has 0 bridgehead atoms. The van der Waals surface area contributed by atoms with Gasteiger partial charge in [-0.1, -0.05) is 37.3 Å². The molecule has 2 aromatic heterocycles. The summed E-state index contributed by atoms with van der Waals surface area (Å²) in [6, 6.07) is 16.2. The Morgan fingerprint density at radius 3 is 2.46 bits per heavy atom. The van der Waals surface area contributed by atoms with Crippen LogP contribution in [0.2, 0.25) is 0 Å². The zero-order valence-corrected chi connectivity index (χ0v) is 14.0. The van der Waals surface area contributed by atoms with Crippen LogP contribution >= 0.6 is 0 Å². The van der Waals surface area contributed by atoms with E-state index >= 15 is 0 Å². The summed E-state index contributed by atoms with van der Waals surface area (Å²) < 4.78 is 3.14. The van der Waals surface area contributed by atoms with Crippen molar-refractivity contribution in [2.75, 3.05) is 0 Å². The minimum absolute atomic E-state index is 0.221. The first kappa shape index (κ1) is 16.0. The van der Waals surface area contributed by atoms with E-state index in [2.05, 4.69) is 10.2 Å². The van der Waals surface area contributed by atoms with E-state index in [-0.39, 0.29) is 5.56 Å². The maximum atomic E-state index is 13.1. The molecule has 1 unspecified atom stereocenters. The molecule has 4 aromatic rings. The molecule has 0 aliphatic heterocycles. The Morgan fingerprint density at radius 2 is 1.77 bits per heavy atom. The summed E-state index contributed by atoms with van der Waals surface area (Å²) in [5.74, 6) is -1.16. The van der Waals surface area contributed by atoms with Crippen molar-refractivity contribution in [3.8, 4) is 5.69 Å². The summed E-state index contributed by atoms with van der Waals surface area (Å²) in [4.78, 5) is 24.8. The molecule has 0 aliphatic rings. The van der Waals surface area contributed by atoms with Gasteiger partial charge < -0.3 is 5.11 Å². The van der Waals surface area contributed by atoms with Crippen molar-refractivity contribution in [1.29, 1.82) is 0 Å². The van der Waals surface area contributed by atoms with Crippen molar-refractivity contribution >= 4 is 22.6 Å². The Bertz CT molecular complexity index is 1180. The number of hydrogen-bond donors (Lipinski definition) is 1. The number of hydrogen-bond acceptors (Lipinski definition) is 4. The van der Waals surface area contributed by atoms with Gasteiger partial charge in [0.25, 0.3) is 5.56 Å². The average Bonchev–Trinajstić information content (AvgIpc) is 3.08. The molecular formula is C19H16N4O3. The molecule has 1 N–H and O–H groups in total. The van der Waals surface area contributed by atoms with Crippen LogP contribution in [0.15, 0.2) is 59.4 Å². The van der Waals surface area contributed by atoms with Crippen LogP contribution in [0.1, 0.15) is 25.1 Å². The number of rotatable bonds is 4. The fraction of sp³-hybridized carbons (Fsp3) is 0.158. The molecule has 130 valence electrons. The third-order valence-corrected chi connectivity index (χ3v) is 4.48. The van der Waals surface area contributed by atoms with E-state index < -0.39 is 11.9 Å². The van der Waals surface area contributed by atoms with Crippen LogP contribution in [-0.2, 0) is 4.79 Å². The van der Waals surface area contributed by atoms with Crippen LogP contribution in [0, 0.1) is 0 Å². The number of carboxylic acids is 1. The Kier molecular flexibility index (Phi) is 3.76. The number of nitrogens with zero attached hydrogens (tertiary/aromatic N) is 4. The van der Waals surface area contributed by atoms with E-state index in [9.17, 15) is 14.7 Å². The van der Waals surface area contributed by atoms with Gasteiger partial charge in [0.1, 0.15) is 5.92 Å². The maximum absolute atomic E-state index is 13.1. The molecule has 0 fully saturated rings. The fourth-order valence-corrected chi connectivity index (χ4v) is 3.23. The Labute approximate surface area is 148 Å². The minimum Gasteiger partial charge on any atom is -0.481 e. The average molecular weight is 348 g/mol. The second-order valence-electron chi connectivity index (χ2n) is 5.99. The van der Waals surface area contributed by atoms with Gasteiger partial charge in [-0.15, -0.1) is 10.2 Å². The number of carboxylic acid groups (broad SMARTS) is 1.